The highest BCUT2D eigenvalue weighted by Crippen LogP contribution is 2.26. The topological polar surface area (TPSA) is 81.1 Å². The fourth-order valence-corrected chi connectivity index (χ4v) is 2.11. The molecule has 0 aliphatic rings. The van der Waals surface area contributed by atoms with Gasteiger partial charge in [-0.05, 0) is 43.0 Å². The third kappa shape index (κ3) is 4.75. The molecule has 0 fully saturated rings. The van der Waals surface area contributed by atoms with Gasteiger partial charge < -0.3 is 16.8 Å². The molecule has 0 aromatic heterocycles. The Bertz CT molecular complexity index is 362. The molecule has 4 nitrogen and oxygen atoms in total. The fraction of sp³-hybridized carbons (Fsp3) is 0.500. The van der Waals surface area contributed by atoms with Gasteiger partial charge in [0.25, 0.3) is 0 Å². The van der Waals surface area contributed by atoms with Crippen molar-refractivity contribution in [3.05, 3.63) is 29.8 Å². The summed E-state index contributed by atoms with van der Waals surface area (Å²) in [4.78, 5) is 10.7. The smallest absolute Gasteiger partial charge is 0.316 e. The van der Waals surface area contributed by atoms with Gasteiger partial charge in [0.05, 0.1) is 0 Å². The van der Waals surface area contributed by atoms with E-state index in [1.54, 1.807) is 0 Å². The first-order chi connectivity index (χ1) is 8.67. The van der Waals surface area contributed by atoms with Gasteiger partial charge in [-0.1, -0.05) is 31.9 Å². The zero-order valence-electron chi connectivity index (χ0n) is 11.0. The van der Waals surface area contributed by atoms with Crippen LogP contribution in [0.2, 0.25) is 0 Å². The number of anilines is 1. The van der Waals surface area contributed by atoms with Gasteiger partial charge in [-0.25, -0.2) is 4.79 Å². The summed E-state index contributed by atoms with van der Waals surface area (Å²) in [5.41, 5.74) is 12.7. The molecule has 0 saturated carbocycles. The van der Waals surface area contributed by atoms with E-state index in [1.807, 2.05) is 24.3 Å². The second kappa shape index (κ2) is 7.71. The number of carbonyl (C=O) groups excluding carboxylic acids is 1. The maximum absolute atomic E-state index is 10.7. The molecule has 100 valence electrons. The quantitative estimate of drug-likeness (QED) is 0.694. The van der Waals surface area contributed by atoms with Gasteiger partial charge in [-0.2, -0.15) is 0 Å². The predicted octanol–water partition coefficient (Wildman–Crippen LogP) is 2.80. The minimum Gasteiger partial charge on any atom is -0.351 e. The second-order valence-electron chi connectivity index (χ2n) is 4.53. The van der Waals surface area contributed by atoms with Crippen molar-refractivity contribution in [3.8, 4) is 0 Å². The number of rotatable bonds is 7. The van der Waals surface area contributed by atoms with Crippen molar-refractivity contribution in [3.63, 3.8) is 0 Å². The first kappa shape index (κ1) is 14.5. The Balaban J connectivity index is 2.69. The van der Waals surface area contributed by atoms with Crippen molar-refractivity contribution in [2.75, 3.05) is 11.9 Å². The lowest BCUT2D eigenvalue weighted by Crippen LogP contribution is -2.19. The molecule has 0 saturated heterocycles. The highest BCUT2D eigenvalue weighted by molar-refractivity contribution is 5.87. The molecule has 1 rings (SSSR count). The number of hydrogen-bond acceptors (Lipinski definition) is 2. The number of amides is 2. The molecule has 4 heteroatoms. The van der Waals surface area contributed by atoms with E-state index in [2.05, 4.69) is 12.2 Å². The molecular formula is C14H23N3O. The third-order valence-corrected chi connectivity index (χ3v) is 3.07. The SMILES string of the molecule is CCCCC(CCN)c1ccc(NC(N)=O)cc1. The van der Waals surface area contributed by atoms with E-state index in [4.69, 9.17) is 11.5 Å². The zero-order valence-corrected chi connectivity index (χ0v) is 11.0. The lowest BCUT2D eigenvalue weighted by Gasteiger charge is -2.16. The van der Waals surface area contributed by atoms with Crippen molar-refractivity contribution in [1.82, 2.24) is 0 Å². The summed E-state index contributed by atoms with van der Waals surface area (Å²) in [6.07, 6.45) is 4.58. The van der Waals surface area contributed by atoms with Crippen molar-refractivity contribution in [2.24, 2.45) is 11.5 Å². The van der Waals surface area contributed by atoms with E-state index in [-0.39, 0.29) is 0 Å². The molecular weight excluding hydrogens is 226 g/mol. The number of urea groups is 1. The summed E-state index contributed by atoms with van der Waals surface area (Å²) >= 11 is 0. The Hall–Kier alpha value is -1.55. The average molecular weight is 249 g/mol. The van der Waals surface area contributed by atoms with Gasteiger partial charge in [0.15, 0.2) is 0 Å². The molecule has 0 heterocycles. The van der Waals surface area contributed by atoms with Crippen LogP contribution in [0.3, 0.4) is 0 Å². The summed E-state index contributed by atoms with van der Waals surface area (Å²) in [6, 6.07) is 7.32. The number of nitrogens with one attached hydrogen (secondary N) is 1. The van der Waals surface area contributed by atoms with Crippen molar-refractivity contribution >= 4 is 11.7 Å². The number of unbranched alkanes of at least 4 members (excludes halogenated alkanes) is 1. The van der Waals surface area contributed by atoms with Gasteiger partial charge in [0, 0.05) is 5.69 Å². The predicted molar refractivity (Wildman–Crippen MR) is 75.6 cm³/mol. The maximum Gasteiger partial charge on any atom is 0.316 e. The monoisotopic (exact) mass is 249 g/mol. The van der Waals surface area contributed by atoms with E-state index < -0.39 is 6.03 Å². The Morgan fingerprint density at radius 3 is 2.44 bits per heavy atom. The highest BCUT2D eigenvalue weighted by atomic mass is 16.2. The molecule has 5 N–H and O–H groups in total. The van der Waals surface area contributed by atoms with Gasteiger partial charge >= 0.3 is 6.03 Å². The van der Waals surface area contributed by atoms with E-state index in [0.29, 0.717) is 12.5 Å². The molecule has 1 aromatic carbocycles. The first-order valence-corrected chi connectivity index (χ1v) is 6.53. The summed E-state index contributed by atoms with van der Waals surface area (Å²) in [5, 5.41) is 2.56. The molecule has 1 aromatic rings. The molecule has 18 heavy (non-hydrogen) atoms. The van der Waals surface area contributed by atoms with Crippen molar-refractivity contribution in [1.29, 1.82) is 0 Å². The van der Waals surface area contributed by atoms with Crippen LogP contribution in [0.25, 0.3) is 0 Å². The standard InChI is InChI=1S/C14H23N3O/c1-2-3-4-11(9-10-15)12-5-7-13(8-6-12)17-14(16)18/h5-8,11H,2-4,9-10,15H2,1H3,(H3,16,17,18). The lowest BCUT2D eigenvalue weighted by molar-refractivity contribution is 0.259. The molecule has 0 aliphatic carbocycles. The van der Waals surface area contributed by atoms with Crippen LogP contribution in [0.15, 0.2) is 24.3 Å². The summed E-state index contributed by atoms with van der Waals surface area (Å²) in [5.74, 6) is 0.512. The van der Waals surface area contributed by atoms with Gasteiger partial charge in [-0.15, -0.1) is 0 Å². The van der Waals surface area contributed by atoms with Crippen LogP contribution in [-0.2, 0) is 0 Å². The minimum absolute atomic E-state index is 0.512. The van der Waals surface area contributed by atoms with Gasteiger partial charge in [0.1, 0.15) is 0 Å². The maximum atomic E-state index is 10.7. The number of hydrogen-bond donors (Lipinski definition) is 3. The number of benzene rings is 1. The lowest BCUT2D eigenvalue weighted by atomic mass is 9.90. The van der Waals surface area contributed by atoms with E-state index in [0.717, 1.165) is 18.5 Å². The van der Waals surface area contributed by atoms with Crippen LogP contribution < -0.4 is 16.8 Å². The Labute approximate surface area is 109 Å². The number of carbonyl (C=O) groups is 1. The number of primary amides is 1. The highest BCUT2D eigenvalue weighted by Gasteiger charge is 2.10. The van der Waals surface area contributed by atoms with Crippen LogP contribution in [0.4, 0.5) is 10.5 Å². The molecule has 0 spiro atoms. The van der Waals surface area contributed by atoms with E-state index in [1.165, 1.54) is 18.4 Å². The Morgan fingerprint density at radius 2 is 1.94 bits per heavy atom. The first-order valence-electron chi connectivity index (χ1n) is 6.53. The fourth-order valence-electron chi connectivity index (χ4n) is 2.11. The second-order valence-corrected chi connectivity index (χ2v) is 4.53. The third-order valence-electron chi connectivity index (χ3n) is 3.07. The zero-order chi connectivity index (χ0) is 13.4. The van der Waals surface area contributed by atoms with Crippen LogP contribution >= 0.6 is 0 Å². The van der Waals surface area contributed by atoms with E-state index in [9.17, 15) is 4.79 Å². The van der Waals surface area contributed by atoms with Gasteiger partial charge in [-0.3, -0.25) is 0 Å². The van der Waals surface area contributed by atoms with Crippen molar-refractivity contribution < 1.29 is 4.79 Å². The van der Waals surface area contributed by atoms with Crippen molar-refractivity contribution in [2.45, 2.75) is 38.5 Å². The molecule has 1 unspecified atom stereocenters. The Kier molecular flexibility index (Phi) is 6.22. The molecule has 1 atom stereocenters. The average Bonchev–Trinajstić information content (AvgIpc) is 2.35. The molecule has 0 aliphatic heterocycles. The van der Waals surface area contributed by atoms with E-state index >= 15 is 0 Å². The van der Waals surface area contributed by atoms with Crippen LogP contribution in [0.5, 0.6) is 0 Å². The number of nitrogens with two attached hydrogens (primary N) is 2. The van der Waals surface area contributed by atoms with Gasteiger partial charge in [0.2, 0.25) is 0 Å². The minimum atomic E-state index is -0.535. The largest absolute Gasteiger partial charge is 0.351 e. The normalized spacial score (nSPS) is 12.1. The summed E-state index contributed by atoms with van der Waals surface area (Å²) in [7, 11) is 0. The Morgan fingerprint density at radius 1 is 1.28 bits per heavy atom. The molecule has 2 amide bonds. The molecule has 0 bridgehead atoms. The van der Waals surface area contributed by atoms with Crippen LogP contribution in [0.1, 0.15) is 44.1 Å². The molecule has 0 radical (unpaired) electrons. The summed E-state index contributed by atoms with van der Waals surface area (Å²) in [6.45, 7) is 2.90. The summed E-state index contributed by atoms with van der Waals surface area (Å²) < 4.78 is 0. The van der Waals surface area contributed by atoms with Crippen LogP contribution in [-0.4, -0.2) is 12.6 Å². The van der Waals surface area contributed by atoms with Crippen LogP contribution in [0, 0.1) is 0 Å².